The first-order chi connectivity index (χ1) is 13.7. The summed E-state index contributed by atoms with van der Waals surface area (Å²) in [5.41, 5.74) is 2.53. The molecule has 1 amide bonds. The van der Waals surface area contributed by atoms with E-state index in [1.54, 1.807) is 0 Å². The van der Waals surface area contributed by atoms with E-state index in [1.165, 1.54) is 11.1 Å². The van der Waals surface area contributed by atoms with Crippen LogP contribution in [0.2, 0.25) is 0 Å². The fraction of sp³-hybridized carbons (Fsp3) is 0.636. The molecule has 7 heteroatoms. The van der Waals surface area contributed by atoms with Crippen LogP contribution in [0.5, 0.6) is 0 Å². The summed E-state index contributed by atoms with van der Waals surface area (Å²) >= 11 is 0. The molecule has 1 aliphatic heterocycles. The van der Waals surface area contributed by atoms with Gasteiger partial charge in [0.2, 0.25) is 5.91 Å². The van der Waals surface area contributed by atoms with E-state index in [2.05, 4.69) is 34.7 Å². The van der Waals surface area contributed by atoms with Gasteiger partial charge in [0.15, 0.2) is 5.96 Å². The highest BCUT2D eigenvalue weighted by Gasteiger charge is 2.22. The van der Waals surface area contributed by atoms with Gasteiger partial charge in [0.1, 0.15) is 0 Å². The van der Waals surface area contributed by atoms with Gasteiger partial charge < -0.3 is 20.6 Å². The standard InChI is InChI=1S/C22H36N4O2.HI/c1-3-8-18(12-14-27)15-25-22(23-4-2)24-13-7-11-21(28)26-16-19-9-5-6-10-20(19)17-26;/h5-6,9-10,18,27H,3-4,7-8,11-17H2,1-2H3,(H2,23,24,25);1H. The number of nitrogens with one attached hydrogen (secondary N) is 2. The number of halogens is 1. The number of aliphatic hydroxyl groups excluding tert-OH is 1. The second-order valence-electron chi connectivity index (χ2n) is 7.44. The van der Waals surface area contributed by atoms with E-state index in [4.69, 9.17) is 0 Å². The number of hydrogen-bond donors (Lipinski definition) is 3. The smallest absolute Gasteiger partial charge is 0.223 e. The fourth-order valence-electron chi connectivity index (χ4n) is 3.59. The van der Waals surface area contributed by atoms with E-state index in [0.29, 0.717) is 18.9 Å². The monoisotopic (exact) mass is 516 g/mol. The Morgan fingerprint density at radius 1 is 1.17 bits per heavy atom. The molecule has 1 heterocycles. The number of fused-ring (bicyclic) bond motifs is 1. The topological polar surface area (TPSA) is 77.0 Å². The zero-order valence-corrected chi connectivity index (χ0v) is 20.2. The Bertz CT molecular complexity index is 608. The van der Waals surface area contributed by atoms with Crippen LogP contribution in [-0.4, -0.2) is 48.1 Å². The predicted octanol–water partition coefficient (Wildman–Crippen LogP) is 3.28. The van der Waals surface area contributed by atoms with Crippen molar-refractivity contribution in [3.05, 3.63) is 35.4 Å². The molecule has 0 aromatic heterocycles. The summed E-state index contributed by atoms with van der Waals surface area (Å²) < 4.78 is 0. The van der Waals surface area contributed by atoms with Gasteiger partial charge in [0, 0.05) is 45.8 Å². The minimum Gasteiger partial charge on any atom is -0.396 e. The van der Waals surface area contributed by atoms with E-state index in [-0.39, 0.29) is 36.5 Å². The first-order valence-electron chi connectivity index (χ1n) is 10.7. The molecule has 29 heavy (non-hydrogen) atoms. The normalized spacial score (nSPS) is 14.2. The zero-order chi connectivity index (χ0) is 20.2. The highest BCUT2D eigenvalue weighted by molar-refractivity contribution is 14.0. The summed E-state index contributed by atoms with van der Waals surface area (Å²) in [6, 6.07) is 8.27. The highest BCUT2D eigenvalue weighted by Crippen LogP contribution is 2.22. The van der Waals surface area contributed by atoms with Crippen molar-refractivity contribution >= 4 is 35.8 Å². The van der Waals surface area contributed by atoms with Crippen molar-refractivity contribution in [3.63, 3.8) is 0 Å². The molecule has 1 aliphatic rings. The fourth-order valence-corrected chi connectivity index (χ4v) is 3.59. The quantitative estimate of drug-likeness (QED) is 0.183. The van der Waals surface area contributed by atoms with Crippen molar-refractivity contribution in [2.75, 3.05) is 26.2 Å². The molecule has 1 unspecified atom stereocenters. The van der Waals surface area contributed by atoms with Crippen LogP contribution in [-0.2, 0) is 17.9 Å². The van der Waals surface area contributed by atoms with Crippen LogP contribution < -0.4 is 10.6 Å². The molecule has 0 saturated heterocycles. The number of hydrogen-bond acceptors (Lipinski definition) is 3. The average molecular weight is 516 g/mol. The van der Waals surface area contributed by atoms with Crippen LogP contribution in [0, 0.1) is 5.92 Å². The number of nitrogens with zero attached hydrogens (tertiary/aromatic N) is 2. The molecule has 0 fully saturated rings. The van der Waals surface area contributed by atoms with Crippen LogP contribution in [0.1, 0.15) is 57.1 Å². The minimum atomic E-state index is 0. The predicted molar refractivity (Wildman–Crippen MR) is 129 cm³/mol. The van der Waals surface area contributed by atoms with Crippen LogP contribution in [0.15, 0.2) is 29.3 Å². The van der Waals surface area contributed by atoms with Gasteiger partial charge >= 0.3 is 0 Å². The van der Waals surface area contributed by atoms with E-state index in [9.17, 15) is 9.90 Å². The molecule has 164 valence electrons. The molecular weight excluding hydrogens is 479 g/mol. The largest absolute Gasteiger partial charge is 0.396 e. The number of aliphatic hydroxyl groups is 1. The second kappa shape index (κ2) is 14.6. The Morgan fingerprint density at radius 3 is 2.45 bits per heavy atom. The number of aliphatic imine (C=N–C) groups is 1. The van der Waals surface area contributed by atoms with Gasteiger partial charge in [0.05, 0.1) is 0 Å². The summed E-state index contributed by atoms with van der Waals surface area (Å²) in [5, 5.41) is 15.8. The van der Waals surface area contributed by atoms with Crippen molar-refractivity contribution in [1.29, 1.82) is 0 Å². The molecular formula is C22H37IN4O2. The SMILES string of the molecule is CCCC(CCO)CN=C(NCC)NCCCC(=O)N1Cc2ccccc2C1.I. The van der Waals surface area contributed by atoms with Gasteiger partial charge in [-0.15, -0.1) is 24.0 Å². The summed E-state index contributed by atoms with van der Waals surface area (Å²) in [4.78, 5) is 19.1. The average Bonchev–Trinajstić information content (AvgIpc) is 3.13. The maximum absolute atomic E-state index is 12.5. The Morgan fingerprint density at radius 2 is 1.86 bits per heavy atom. The molecule has 0 bridgehead atoms. The molecule has 1 atom stereocenters. The lowest BCUT2D eigenvalue weighted by molar-refractivity contribution is -0.131. The lowest BCUT2D eigenvalue weighted by atomic mass is 10.0. The Hall–Kier alpha value is -1.35. The molecule has 6 nitrogen and oxygen atoms in total. The van der Waals surface area contributed by atoms with Gasteiger partial charge in [-0.2, -0.15) is 0 Å². The Kier molecular flexibility index (Phi) is 12.9. The number of rotatable bonds is 11. The third-order valence-corrected chi connectivity index (χ3v) is 5.14. The Labute approximate surface area is 192 Å². The number of carbonyl (C=O) groups excluding carboxylic acids is 1. The molecule has 1 aromatic rings. The number of benzene rings is 1. The highest BCUT2D eigenvalue weighted by atomic mass is 127. The molecule has 2 rings (SSSR count). The van der Waals surface area contributed by atoms with Crippen molar-refractivity contribution < 1.29 is 9.90 Å². The molecule has 0 aliphatic carbocycles. The van der Waals surface area contributed by atoms with Gasteiger partial charge in [0.25, 0.3) is 0 Å². The number of amides is 1. The van der Waals surface area contributed by atoms with Crippen LogP contribution in [0.3, 0.4) is 0 Å². The first kappa shape index (κ1) is 25.7. The van der Waals surface area contributed by atoms with Crippen molar-refractivity contribution in [2.24, 2.45) is 10.9 Å². The van der Waals surface area contributed by atoms with Crippen LogP contribution in [0.4, 0.5) is 0 Å². The van der Waals surface area contributed by atoms with Gasteiger partial charge in [-0.05, 0) is 43.2 Å². The maximum atomic E-state index is 12.5. The summed E-state index contributed by atoms with van der Waals surface area (Å²) in [6.07, 6.45) is 4.31. The number of guanidine groups is 1. The maximum Gasteiger partial charge on any atom is 0.223 e. The van der Waals surface area contributed by atoms with Gasteiger partial charge in [-0.1, -0.05) is 37.6 Å². The van der Waals surface area contributed by atoms with E-state index in [1.807, 2.05) is 24.0 Å². The molecule has 0 spiro atoms. The Balaban J connectivity index is 0.00000420. The lowest BCUT2D eigenvalue weighted by Crippen LogP contribution is -2.38. The number of carbonyl (C=O) groups is 1. The third-order valence-electron chi connectivity index (χ3n) is 5.14. The first-order valence-corrected chi connectivity index (χ1v) is 10.7. The molecule has 0 saturated carbocycles. The summed E-state index contributed by atoms with van der Waals surface area (Å²) in [6.45, 7) is 8.12. The second-order valence-corrected chi connectivity index (χ2v) is 7.44. The lowest BCUT2D eigenvalue weighted by Gasteiger charge is -2.17. The van der Waals surface area contributed by atoms with Gasteiger partial charge in [-0.3, -0.25) is 9.79 Å². The molecule has 1 aromatic carbocycles. The summed E-state index contributed by atoms with van der Waals surface area (Å²) in [5.74, 6) is 1.43. The zero-order valence-electron chi connectivity index (χ0n) is 17.8. The van der Waals surface area contributed by atoms with E-state index in [0.717, 1.165) is 57.8 Å². The third kappa shape index (κ3) is 8.90. The van der Waals surface area contributed by atoms with E-state index < -0.39 is 0 Å². The van der Waals surface area contributed by atoms with Crippen molar-refractivity contribution in [3.8, 4) is 0 Å². The van der Waals surface area contributed by atoms with E-state index >= 15 is 0 Å². The van der Waals surface area contributed by atoms with Crippen LogP contribution in [0.25, 0.3) is 0 Å². The van der Waals surface area contributed by atoms with Crippen LogP contribution >= 0.6 is 24.0 Å². The van der Waals surface area contributed by atoms with Gasteiger partial charge in [-0.25, -0.2) is 0 Å². The molecule has 0 radical (unpaired) electrons. The molecule has 3 N–H and O–H groups in total. The summed E-state index contributed by atoms with van der Waals surface area (Å²) in [7, 11) is 0. The van der Waals surface area contributed by atoms with Crippen molar-refractivity contribution in [1.82, 2.24) is 15.5 Å². The minimum absolute atomic E-state index is 0. The van der Waals surface area contributed by atoms with Crippen molar-refractivity contribution in [2.45, 2.75) is 59.0 Å².